The van der Waals surface area contributed by atoms with E-state index in [9.17, 15) is 9.59 Å². The van der Waals surface area contributed by atoms with Gasteiger partial charge in [0.05, 0.1) is 28.5 Å². The zero-order valence-electron chi connectivity index (χ0n) is 16.2. The Morgan fingerprint density at radius 3 is 2.45 bits per heavy atom. The van der Waals surface area contributed by atoms with Crippen molar-refractivity contribution in [3.63, 3.8) is 0 Å². The van der Waals surface area contributed by atoms with Crippen LogP contribution in [0.5, 0.6) is 0 Å². The summed E-state index contributed by atoms with van der Waals surface area (Å²) in [4.78, 5) is 31.2. The highest BCUT2D eigenvalue weighted by atomic mass is 32.1. The molecular formula is C23H20N2O3S. The van der Waals surface area contributed by atoms with Gasteiger partial charge in [-0.05, 0) is 31.1 Å². The lowest BCUT2D eigenvalue weighted by Gasteiger charge is -2.24. The zero-order chi connectivity index (χ0) is 20.4. The van der Waals surface area contributed by atoms with Crippen molar-refractivity contribution in [1.82, 2.24) is 4.57 Å². The molecule has 0 spiro atoms. The Morgan fingerprint density at radius 1 is 1.14 bits per heavy atom. The van der Waals surface area contributed by atoms with Gasteiger partial charge in [-0.1, -0.05) is 72.0 Å². The van der Waals surface area contributed by atoms with Crippen molar-refractivity contribution in [1.29, 1.82) is 0 Å². The summed E-state index contributed by atoms with van der Waals surface area (Å²) in [7, 11) is 0. The molecule has 3 aromatic rings. The SMILES string of the molecule is CCOC(=O)C1=C(C)N=c2s/c(=C\c3ccccc3)c(=O)n2C1c1ccccc1. The Labute approximate surface area is 171 Å². The van der Waals surface area contributed by atoms with E-state index in [1.54, 1.807) is 18.4 Å². The number of thiazole rings is 1. The van der Waals surface area contributed by atoms with Crippen molar-refractivity contribution in [2.75, 3.05) is 6.61 Å². The van der Waals surface area contributed by atoms with Crippen molar-refractivity contribution in [3.05, 3.63) is 103 Å². The summed E-state index contributed by atoms with van der Waals surface area (Å²) in [5.74, 6) is -0.444. The van der Waals surface area contributed by atoms with Gasteiger partial charge in [-0.15, -0.1) is 0 Å². The van der Waals surface area contributed by atoms with Gasteiger partial charge < -0.3 is 4.74 Å². The van der Waals surface area contributed by atoms with E-state index in [2.05, 4.69) is 4.99 Å². The van der Waals surface area contributed by atoms with Crippen LogP contribution in [-0.4, -0.2) is 17.1 Å². The molecule has 1 unspecified atom stereocenters. The molecule has 0 saturated heterocycles. The number of aromatic nitrogens is 1. The molecule has 0 amide bonds. The van der Waals surface area contributed by atoms with Crippen LogP contribution >= 0.6 is 11.3 Å². The number of fused-ring (bicyclic) bond motifs is 1. The van der Waals surface area contributed by atoms with E-state index in [0.29, 0.717) is 20.6 Å². The van der Waals surface area contributed by atoms with Crippen molar-refractivity contribution in [2.24, 2.45) is 4.99 Å². The van der Waals surface area contributed by atoms with Crippen molar-refractivity contribution in [3.8, 4) is 0 Å². The molecule has 29 heavy (non-hydrogen) atoms. The van der Waals surface area contributed by atoms with Gasteiger partial charge in [0.1, 0.15) is 0 Å². The molecule has 2 heterocycles. The molecule has 0 aliphatic carbocycles. The van der Waals surface area contributed by atoms with E-state index in [1.807, 2.05) is 66.7 Å². The topological polar surface area (TPSA) is 60.7 Å². The number of esters is 1. The molecule has 5 nitrogen and oxygen atoms in total. The highest BCUT2D eigenvalue weighted by molar-refractivity contribution is 7.07. The van der Waals surface area contributed by atoms with Gasteiger partial charge in [-0.3, -0.25) is 9.36 Å². The second kappa shape index (κ2) is 8.01. The number of allylic oxidation sites excluding steroid dienone is 1. The lowest BCUT2D eigenvalue weighted by molar-refractivity contribution is -0.139. The van der Waals surface area contributed by atoms with Crippen LogP contribution in [0.3, 0.4) is 0 Å². The molecule has 2 aromatic carbocycles. The fourth-order valence-corrected chi connectivity index (χ4v) is 4.49. The molecule has 0 saturated carbocycles. The quantitative estimate of drug-likeness (QED) is 0.629. The van der Waals surface area contributed by atoms with Crippen LogP contribution in [0.2, 0.25) is 0 Å². The van der Waals surface area contributed by atoms with Crippen molar-refractivity contribution >= 4 is 23.4 Å². The molecule has 0 N–H and O–H groups in total. The molecule has 6 heteroatoms. The molecule has 146 valence electrons. The normalized spacial score (nSPS) is 16.3. The average Bonchev–Trinajstić information content (AvgIpc) is 3.03. The molecule has 1 aliphatic heterocycles. The molecule has 1 aromatic heterocycles. The Kier molecular flexibility index (Phi) is 5.27. The number of nitrogens with zero attached hydrogens (tertiary/aromatic N) is 2. The number of hydrogen-bond donors (Lipinski definition) is 0. The third-order valence-electron chi connectivity index (χ3n) is 4.73. The lowest BCUT2D eigenvalue weighted by Crippen LogP contribution is -2.39. The third-order valence-corrected chi connectivity index (χ3v) is 5.71. The van der Waals surface area contributed by atoms with Crippen molar-refractivity contribution < 1.29 is 9.53 Å². The minimum Gasteiger partial charge on any atom is -0.463 e. The summed E-state index contributed by atoms with van der Waals surface area (Å²) < 4.78 is 7.47. The van der Waals surface area contributed by atoms with Crippen LogP contribution in [-0.2, 0) is 9.53 Å². The number of hydrogen-bond acceptors (Lipinski definition) is 5. The molecular weight excluding hydrogens is 384 g/mol. The Balaban J connectivity index is 1.96. The molecule has 0 fully saturated rings. The summed E-state index contributed by atoms with van der Waals surface area (Å²) in [6.45, 7) is 3.81. The zero-order valence-corrected chi connectivity index (χ0v) is 17.0. The van der Waals surface area contributed by atoms with E-state index in [1.165, 1.54) is 11.3 Å². The third kappa shape index (κ3) is 3.59. The van der Waals surface area contributed by atoms with Gasteiger partial charge in [-0.25, -0.2) is 9.79 Å². The first-order valence-corrected chi connectivity index (χ1v) is 10.2. The second-order valence-electron chi connectivity index (χ2n) is 6.62. The standard InChI is InChI=1S/C23H20N2O3S/c1-3-28-22(27)19-15(2)24-23-25(20(19)17-12-8-5-9-13-17)21(26)18(29-23)14-16-10-6-4-7-11-16/h4-14,20H,3H2,1-2H3/b18-14-. The summed E-state index contributed by atoms with van der Waals surface area (Å²) in [5, 5.41) is 0. The molecule has 0 bridgehead atoms. The number of benzene rings is 2. The molecule has 1 aliphatic rings. The van der Waals surface area contributed by atoms with Crippen LogP contribution in [0.1, 0.15) is 31.0 Å². The highest BCUT2D eigenvalue weighted by Gasteiger charge is 2.33. The maximum atomic E-state index is 13.3. The van der Waals surface area contributed by atoms with Gasteiger partial charge in [-0.2, -0.15) is 0 Å². The van der Waals surface area contributed by atoms with E-state index in [4.69, 9.17) is 4.74 Å². The number of carbonyl (C=O) groups excluding carboxylic acids is 1. The van der Waals surface area contributed by atoms with Gasteiger partial charge >= 0.3 is 5.97 Å². The smallest absolute Gasteiger partial charge is 0.338 e. The van der Waals surface area contributed by atoms with Crippen LogP contribution < -0.4 is 14.9 Å². The number of carbonyl (C=O) groups is 1. The first kappa shape index (κ1) is 19.1. The molecule has 0 radical (unpaired) electrons. The fraction of sp³-hybridized carbons (Fsp3) is 0.174. The summed E-state index contributed by atoms with van der Waals surface area (Å²) in [6.07, 6.45) is 1.86. The van der Waals surface area contributed by atoms with Crippen LogP contribution in [0, 0.1) is 0 Å². The maximum absolute atomic E-state index is 13.3. The second-order valence-corrected chi connectivity index (χ2v) is 7.63. The monoisotopic (exact) mass is 404 g/mol. The number of rotatable bonds is 4. The van der Waals surface area contributed by atoms with Crippen LogP contribution in [0.15, 0.2) is 81.7 Å². The Hall–Kier alpha value is -3.25. The minimum absolute atomic E-state index is 0.166. The summed E-state index contributed by atoms with van der Waals surface area (Å²) in [5.41, 5.74) is 2.59. The van der Waals surface area contributed by atoms with Crippen molar-refractivity contribution in [2.45, 2.75) is 19.9 Å². The molecule has 1 atom stereocenters. The van der Waals surface area contributed by atoms with Gasteiger partial charge in [0.2, 0.25) is 0 Å². The maximum Gasteiger partial charge on any atom is 0.338 e. The minimum atomic E-state index is -0.565. The Morgan fingerprint density at radius 2 is 1.79 bits per heavy atom. The van der Waals surface area contributed by atoms with E-state index in [-0.39, 0.29) is 12.2 Å². The first-order valence-electron chi connectivity index (χ1n) is 9.40. The molecule has 4 rings (SSSR count). The van der Waals surface area contributed by atoms with E-state index in [0.717, 1.165) is 11.1 Å². The van der Waals surface area contributed by atoms with Gasteiger partial charge in [0.15, 0.2) is 4.80 Å². The fourth-order valence-electron chi connectivity index (χ4n) is 3.44. The van der Waals surface area contributed by atoms with Gasteiger partial charge in [0.25, 0.3) is 5.56 Å². The van der Waals surface area contributed by atoms with Crippen LogP contribution in [0.25, 0.3) is 6.08 Å². The lowest BCUT2D eigenvalue weighted by atomic mass is 9.96. The van der Waals surface area contributed by atoms with Gasteiger partial charge in [0, 0.05) is 0 Å². The largest absolute Gasteiger partial charge is 0.463 e. The average molecular weight is 404 g/mol. The first-order chi connectivity index (χ1) is 14.1. The van der Waals surface area contributed by atoms with Crippen LogP contribution in [0.4, 0.5) is 0 Å². The Bertz CT molecular complexity index is 1250. The van der Waals surface area contributed by atoms with E-state index >= 15 is 0 Å². The van der Waals surface area contributed by atoms with E-state index < -0.39 is 12.0 Å². The predicted molar refractivity (Wildman–Crippen MR) is 113 cm³/mol. The summed E-state index contributed by atoms with van der Waals surface area (Å²) >= 11 is 1.33. The predicted octanol–water partition coefficient (Wildman–Crippen LogP) is 2.80. The highest BCUT2D eigenvalue weighted by Crippen LogP contribution is 2.30. The summed E-state index contributed by atoms with van der Waals surface area (Å²) in [6, 6.07) is 18.6. The number of ether oxygens (including phenoxy) is 1.